The summed E-state index contributed by atoms with van der Waals surface area (Å²) in [4.78, 5) is 6.89. The zero-order valence-electron chi connectivity index (χ0n) is 15.3. The minimum Gasteiger partial charge on any atom is -0.496 e. The molecule has 2 rings (SSSR count). The van der Waals surface area contributed by atoms with E-state index in [1.54, 1.807) is 13.2 Å². The van der Waals surface area contributed by atoms with Crippen LogP contribution in [0.15, 0.2) is 30.3 Å². The summed E-state index contributed by atoms with van der Waals surface area (Å²) in [5.41, 5.74) is 10.4. The minimum atomic E-state index is 0.526. The number of hydrogen-bond donors (Lipinski definition) is 1. The molecule has 0 fully saturated rings. The number of pyridine rings is 1. The number of nitrogen functional groups attached to an aromatic ring is 1. The fourth-order valence-electron chi connectivity index (χ4n) is 3.02. The highest BCUT2D eigenvalue weighted by Gasteiger charge is 2.13. The van der Waals surface area contributed by atoms with Gasteiger partial charge in [0.05, 0.1) is 12.8 Å². The molecule has 0 unspecified atom stereocenters. The van der Waals surface area contributed by atoms with Crippen molar-refractivity contribution in [3.8, 4) is 17.0 Å². The quantitative estimate of drug-likeness (QED) is 0.801. The summed E-state index contributed by atoms with van der Waals surface area (Å²) >= 11 is 0. The molecule has 1 heterocycles. The maximum atomic E-state index is 5.84. The molecular weight excluding hydrogens is 298 g/mol. The van der Waals surface area contributed by atoms with Gasteiger partial charge in [-0.3, -0.25) is 0 Å². The van der Waals surface area contributed by atoms with Crippen LogP contribution in [0.25, 0.3) is 11.3 Å². The van der Waals surface area contributed by atoms with Crippen LogP contribution in [-0.2, 0) is 12.8 Å². The second-order valence-corrected chi connectivity index (χ2v) is 5.90. The van der Waals surface area contributed by atoms with Crippen LogP contribution >= 0.6 is 0 Å². The van der Waals surface area contributed by atoms with Crippen molar-refractivity contribution in [2.75, 3.05) is 32.5 Å². The molecule has 0 saturated carbocycles. The van der Waals surface area contributed by atoms with E-state index in [1.807, 2.05) is 12.1 Å². The summed E-state index contributed by atoms with van der Waals surface area (Å²) in [7, 11) is 1.71. The molecule has 24 heavy (non-hydrogen) atoms. The van der Waals surface area contributed by atoms with E-state index in [4.69, 9.17) is 10.5 Å². The van der Waals surface area contributed by atoms with Crippen molar-refractivity contribution in [2.45, 2.75) is 33.6 Å². The van der Waals surface area contributed by atoms with Crippen LogP contribution < -0.4 is 10.5 Å². The third-order valence-electron chi connectivity index (χ3n) is 4.54. The zero-order valence-corrected chi connectivity index (χ0v) is 15.3. The molecule has 0 spiro atoms. The molecule has 0 atom stereocenters. The Hall–Kier alpha value is -2.07. The molecule has 1 aromatic heterocycles. The molecule has 0 aliphatic carbocycles. The molecule has 0 aliphatic rings. The number of likely N-dealkylation sites (N-methyl/N-ethyl adjacent to an activating group) is 1. The Morgan fingerprint density at radius 2 is 1.83 bits per heavy atom. The van der Waals surface area contributed by atoms with Gasteiger partial charge in [0.25, 0.3) is 0 Å². The first-order chi connectivity index (χ1) is 11.6. The molecule has 0 radical (unpaired) electrons. The van der Waals surface area contributed by atoms with Gasteiger partial charge >= 0.3 is 0 Å². The topological polar surface area (TPSA) is 51.4 Å². The summed E-state index contributed by atoms with van der Waals surface area (Å²) in [6.45, 7) is 9.85. The van der Waals surface area contributed by atoms with Crippen molar-refractivity contribution in [3.63, 3.8) is 0 Å². The van der Waals surface area contributed by atoms with Gasteiger partial charge in [-0.1, -0.05) is 26.8 Å². The molecule has 2 N–H and O–H groups in total. The lowest BCUT2D eigenvalue weighted by Gasteiger charge is -2.20. The largest absolute Gasteiger partial charge is 0.496 e. The first kappa shape index (κ1) is 18.3. The molecule has 4 nitrogen and oxygen atoms in total. The second kappa shape index (κ2) is 8.69. The molecule has 2 aromatic rings. The van der Waals surface area contributed by atoms with Crippen LogP contribution in [0.2, 0.25) is 0 Å². The van der Waals surface area contributed by atoms with Crippen molar-refractivity contribution < 1.29 is 4.74 Å². The van der Waals surface area contributed by atoms with E-state index >= 15 is 0 Å². The number of ether oxygens (including phenoxy) is 1. The Kier molecular flexibility index (Phi) is 6.62. The van der Waals surface area contributed by atoms with Crippen molar-refractivity contribution >= 4 is 5.82 Å². The SMILES string of the molecule is CCc1cc(-c2cccc(N)n2)c(OC)cc1CCN(CC)CC. The van der Waals surface area contributed by atoms with Gasteiger partial charge in [0, 0.05) is 12.1 Å². The Morgan fingerprint density at radius 3 is 2.42 bits per heavy atom. The monoisotopic (exact) mass is 327 g/mol. The molecule has 130 valence electrons. The van der Waals surface area contributed by atoms with Crippen LogP contribution in [0.5, 0.6) is 5.75 Å². The first-order valence-electron chi connectivity index (χ1n) is 8.77. The number of benzene rings is 1. The van der Waals surface area contributed by atoms with E-state index in [-0.39, 0.29) is 0 Å². The number of aryl methyl sites for hydroxylation is 1. The molecular formula is C20H29N3O. The van der Waals surface area contributed by atoms with Crippen LogP contribution in [0.3, 0.4) is 0 Å². The first-order valence-corrected chi connectivity index (χ1v) is 8.77. The lowest BCUT2D eigenvalue weighted by atomic mass is 9.96. The average Bonchev–Trinajstić information content (AvgIpc) is 2.61. The average molecular weight is 327 g/mol. The number of methoxy groups -OCH3 is 1. The van der Waals surface area contributed by atoms with Gasteiger partial charge in [-0.2, -0.15) is 0 Å². The number of hydrogen-bond acceptors (Lipinski definition) is 4. The lowest BCUT2D eigenvalue weighted by molar-refractivity contribution is 0.307. The maximum absolute atomic E-state index is 5.84. The standard InChI is InChI=1S/C20H29N3O/c1-5-15-13-17(18-9-8-10-20(21)22-18)19(24-4)14-16(15)11-12-23(6-2)7-3/h8-10,13-14H,5-7,11-12H2,1-4H3,(H2,21,22). The molecule has 0 bridgehead atoms. The van der Waals surface area contributed by atoms with E-state index in [2.05, 4.69) is 42.8 Å². The Labute approximate surface area is 145 Å². The zero-order chi connectivity index (χ0) is 17.5. The molecule has 0 aliphatic heterocycles. The molecule has 4 heteroatoms. The van der Waals surface area contributed by atoms with Crippen LogP contribution in [-0.4, -0.2) is 36.6 Å². The number of rotatable bonds is 8. The summed E-state index contributed by atoms with van der Waals surface area (Å²) in [5, 5.41) is 0. The van der Waals surface area contributed by atoms with Gasteiger partial charge in [0.15, 0.2) is 0 Å². The molecule has 0 amide bonds. The molecule has 1 aromatic carbocycles. The lowest BCUT2D eigenvalue weighted by Crippen LogP contribution is -2.25. The predicted molar refractivity (Wildman–Crippen MR) is 102 cm³/mol. The highest BCUT2D eigenvalue weighted by molar-refractivity contribution is 5.70. The smallest absolute Gasteiger partial charge is 0.128 e. The Bertz CT molecular complexity index is 666. The number of anilines is 1. The van der Waals surface area contributed by atoms with E-state index in [1.165, 1.54) is 11.1 Å². The van der Waals surface area contributed by atoms with Crippen molar-refractivity contribution in [3.05, 3.63) is 41.5 Å². The van der Waals surface area contributed by atoms with Gasteiger partial charge in [-0.25, -0.2) is 4.98 Å². The van der Waals surface area contributed by atoms with Crippen LogP contribution in [0.1, 0.15) is 31.9 Å². The van der Waals surface area contributed by atoms with Gasteiger partial charge < -0.3 is 15.4 Å². The maximum Gasteiger partial charge on any atom is 0.128 e. The Morgan fingerprint density at radius 1 is 1.08 bits per heavy atom. The third-order valence-corrected chi connectivity index (χ3v) is 4.54. The van der Waals surface area contributed by atoms with Gasteiger partial charge in [-0.15, -0.1) is 0 Å². The summed E-state index contributed by atoms with van der Waals surface area (Å²) in [6.07, 6.45) is 2.03. The van der Waals surface area contributed by atoms with E-state index in [0.717, 1.165) is 49.5 Å². The summed E-state index contributed by atoms with van der Waals surface area (Å²) < 4.78 is 5.64. The van der Waals surface area contributed by atoms with Gasteiger partial charge in [0.1, 0.15) is 11.6 Å². The van der Waals surface area contributed by atoms with Crippen molar-refractivity contribution in [1.82, 2.24) is 9.88 Å². The van der Waals surface area contributed by atoms with Gasteiger partial charge in [-0.05, 0) is 61.3 Å². The van der Waals surface area contributed by atoms with E-state index in [0.29, 0.717) is 5.82 Å². The fourth-order valence-corrected chi connectivity index (χ4v) is 3.02. The number of aromatic nitrogens is 1. The van der Waals surface area contributed by atoms with Crippen molar-refractivity contribution in [1.29, 1.82) is 0 Å². The van der Waals surface area contributed by atoms with E-state index in [9.17, 15) is 0 Å². The fraction of sp³-hybridized carbons (Fsp3) is 0.450. The predicted octanol–water partition coefficient (Wildman–Crippen LogP) is 3.79. The summed E-state index contributed by atoms with van der Waals surface area (Å²) in [6, 6.07) is 10.1. The molecule has 0 saturated heterocycles. The van der Waals surface area contributed by atoms with Gasteiger partial charge in [0.2, 0.25) is 0 Å². The number of nitrogens with zero attached hydrogens (tertiary/aromatic N) is 2. The number of nitrogens with two attached hydrogens (primary N) is 1. The van der Waals surface area contributed by atoms with Crippen LogP contribution in [0.4, 0.5) is 5.82 Å². The highest BCUT2D eigenvalue weighted by Crippen LogP contribution is 2.32. The summed E-state index contributed by atoms with van der Waals surface area (Å²) in [5.74, 6) is 1.39. The highest BCUT2D eigenvalue weighted by atomic mass is 16.5. The third kappa shape index (κ3) is 4.26. The van der Waals surface area contributed by atoms with Crippen LogP contribution in [0, 0.1) is 0 Å². The minimum absolute atomic E-state index is 0.526. The second-order valence-electron chi connectivity index (χ2n) is 5.90. The van der Waals surface area contributed by atoms with E-state index < -0.39 is 0 Å². The normalized spacial score (nSPS) is 11.0. The van der Waals surface area contributed by atoms with Crippen molar-refractivity contribution in [2.24, 2.45) is 0 Å². The Balaban J connectivity index is 2.38.